The highest BCUT2D eigenvalue weighted by Gasteiger charge is 2.07. The summed E-state index contributed by atoms with van der Waals surface area (Å²) in [7, 11) is 0. The predicted molar refractivity (Wildman–Crippen MR) is 55.8 cm³/mol. The van der Waals surface area contributed by atoms with E-state index in [0.29, 0.717) is 12.0 Å². The van der Waals surface area contributed by atoms with Crippen molar-refractivity contribution in [1.82, 2.24) is 0 Å². The van der Waals surface area contributed by atoms with Crippen LogP contribution in [-0.2, 0) is 0 Å². The first-order valence-corrected chi connectivity index (χ1v) is 4.78. The van der Waals surface area contributed by atoms with Gasteiger partial charge in [0.25, 0.3) is 0 Å². The Morgan fingerprint density at radius 2 is 2.14 bits per heavy atom. The van der Waals surface area contributed by atoms with E-state index in [4.69, 9.17) is 0 Å². The minimum absolute atomic E-state index is 0.155. The van der Waals surface area contributed by atoms with E-state index < -0.39 is 0 Å². The lowest BCUT2D eigenvalue weighted by Crippen LogP contribution is -2.01. The van der Waals surface area contributed by atoms with E-state index >= 15 is 0 Å². The van der Waals surface area contributed by atoms with Crippen LogP contribution < -0.4 is 0 Å². The molecule has 0 aliphatic carbocycles. The molecule has 0 spiro atoms. The van der Waals surface area contributed by atoms with Crippen LogP contribution in [0.3, 0.4) is 0 Å². The van der Waals surface area contributed by atoms with Gasteiger partial charge in [-0.2, -0.15) is 0 Å². The summed E-state index contributed by atoms with van der Waals surface area (Å²) >= 11 is 0. The maximum atomic E-state index is 11.6. The molecule has 2 heteroatoms. The van der Waals surface area contributed by atoms with E-state index in [-0.39, 0.29) is 5.78 Å². The van der Waals surface area contributed by atoms with Gasteiger partial charge in [-0.15, -0.1) is 0 Å². The van der Waals surface area contributed by atoms with Crippen molar-refractivity contribution in [3.63, 3.8) is 0 Å². The molecular formula is C12H14O2. The molecule has 0 heterocycles. The van der Waals surface area contributed by atoms with Gasteiger partial charge in [0.05, 0.1) is 0 Å². The van der Waals surface area contributed by atoms with Crippen LogP contribution in [0.25, 0.3) is 0 Å². The van der Waals surface area contributed by atoms with Crippen molar-refractivity contribution in [1.29, 1.82) is 0 Å². The van der Waals surface area contributed by atoms with Crippen LogP contribution in [0, 0.1) is 6.92 Å². The normalized spacial score (nSPS) is 9.86. The summed E-state index contributed by atoms with van der Waals surface area (Å²) in [5.41, 5.74) is 2.24. The number of carbonyl (C=O) groups excluding carboxylic acids is 2. The van der Waals surface area contributed by atoms with Crippen LogP contribution in [0.15, 0.2) is 18.2 Å². The first-order valence-electron chi connectivity index (χ1n) is 4.78. The molecule has 0 fully saturated rings. The van der Waals surface area contributed by atoms with Gasteiger partial charge in [-0.3, -0.25) is 9.59 Å². The molecule has 2 nitrogen and oxygen atoms in total. The van der Waals surface area contributed by atoms with Crippen molar-refractivity contribution in [3.8, 4) is 0 Å². The number of rotatable bonds is 4. The summed E-state index contributed by atoms with van der Waals surface area (Å²) in [6.07, 6.45) is 2.22. The Kier molecular flexibility index (Phi) is 3.57. The number of carbonyl (C=O) groups is 2. The van der Waals surface area contributed by atoms with E-state index in [1.165, 1.54) is 0 Å². The number of hydrogen-bond acceptors (Lipinski definition) is 2. The molecule has 1 rings (SSSR count). The fourth-order valence-electron chi connectivity index (χ4n) is 1.43. The van der Waals surface area contributed by atoms with Crippen LogP contribution in [0.1, 0.15) is 46.0 Å². The summed E-state index contributed by atoms with van der Waals surface area (Å²) in [6.45, 7) is 3.84. The summed E-state index contributed by atoms with van der Waals surface area (Å²) < 4.78 is 0. The SMILES string of the molecule is CCCC(=O)c1ccc(C=O)cc1C. The molecule has 0 saturated heterocycles. The first kappa shape index (κ1) is 10.6. The lowest BCUT2D eigenvalue weighted by Gasteiger charge is -2.04. The monoisotopic (exact) mass is 190 g/mol. The molecule has 0 radical (unpaired) electrons. The molecular weight excluding hydrogens is 176 g/mol. The van der Waals surface area contributed by atoms with Gasteiger partial charge in [-0.05, 0) is 25.0 Å². The molecule has 14 heavy (non-hydrogen) atoms. The Hall–Kier alpha value is -1.44. The van der Waals surface area contributed by atoms with Gasteiger partial charge in [-0.25, -0.2) is 0 Å². The van der Waals surface area contributed by atoms with Gasteiger partial charge >= 0.3 is 0 Å². The van der Waals surface area contributed by atoms with Gasteiger partial charge in [0.2, 0.25) is 0 Å². The number of aldehydes is 1. The van der Waals surface area contributed by atoms with Crippen molar-refractivity contribution in [3.05, 3.63) is 34.9 Å². The summed E-state index contributed by atoms with van der Waals surface area (Å²) in [5, 5.41) is 0. The van der Waals surface area contributed by atoms with Gasteiger partial charge in [0.15, 0.2) is 5.78 Å². The van der Waals surface area contributed by atoms with E-state index in [0.717, 1.165) is 23.8 Å². The van der Waals surface area contributed by atoms with Crippen LogP contribution in [0.5, 0.6) is 0 Å². The maximum absolute atomic E-state index is 11.6. The summed E-state index contributed by atoms with van der Waals surface area (Å²) in [6, 6.07) is 5.16. The fraction of sp³-hybridized carbons (Fsp3) is 0.333. The number of ketones is 1. The van der Waals surface area contributed by atoms with E-state index in [2.05, 4.69) is 0 Å². The summed E-state index contributed by atoms with van der Waals surface area (Å²) in [4.78, 5) is 22.1. The lowest BCUT2D eigenvalue weighted by molar-refractivity contribution is 0.0980. The standard InChI is InChI=1S/C12H14O2/c1-3-4-12(14)11-6-5-10(8-13)7-9(11)2/h5-8H,3-4H2,1-2H3. The highest BCUT2D eigenvalue weighted by Crippen LogP contribution is 2.12. The number of Topliss-reactive ketones (excluding diaryl/α,β-unsaturated/α-hetero) is 1. The molecule has 0 bridgehead atoms. The molecule has 1 aromatic rings. The average Bonchev–Trinajstić information content (AvgIpc) is 2.17. The van der Waals surface area contributed by atoms with Crippen molar-refractivity contribution < 1.29 is 9.59 Å². The average molecular weight is 190 g/mol. The van der Waals surface area contributed by atoms with Crippen molar-refractivity contribution in [2.75, 3.05) is 0 Å². The third-order valence-electron chi connectivity index (χ3n) is 2.16. The Morgan fingerprint density at radius 1 is 1.43 bits per heavy atom. The lowest BCUT2D eigenvalue weighted by atomic mass is 10.00. The van der Waals surface area contributed by atoms with Crippen molar-refractivity contribution >= 4 is 12.1 Å². The Bertz CT molecular complexity index is 353. The van der Waals surface area contributed by atoms with Gasteiger partial charge in [0.1, 0.15) is 6.29 Å². The zero-order valence-electron chi connectivity index (χ0n) is 8.54. The number of aryl methyl sites for hydroxylation is 1. The van der Waals surface area contributed by atoms with Crippen LogP contribution in [0.2, 0.25) is 0 Å². The number of benzene rings is 1. The second-order valence-electron chi connectivity index (χ2n) is 3.37. The highest BCUT2D eigenvalue weighted by molar-refractivity contribution is 5.98. The number of hydrogen-bond donors (Lipinski definition) is 0. The van der Waals surface area contributed by atoms with Crippen molar-refractivity contribution in [2.45, 2.75) is 26.7 Å². The first-order chi connectivity index (χ1) is 6.69. The minimum atomic E-state index is 0.155. The summed E-state index contributed by atoms with van der Waals surface area (Å²) in [5.74, 6) is 0.155. The van der Waals surface area contributed by atoms with Crippen molar-refractivity contribution in [2.24, 2.45) is 0 Å². The largest absolute Gasteiger partial charge is 0.298 e. The second-order valence-corrected chi connectivity index (χ2v) is 3.37. The Balaban J connectivity index is 2.99. The third kappa shape index (κ3) is 2.28. The predicted octanol–water partition coefficient (Wildman–Crippen LogP) is 2.79. The topological polar surface area (TPSA) is 34.1 Å². The third-order valence-corrected chi connectivity index (χ3v) is 2.16. The molecule has 0 aromatic heterocycles. The van der Waals surface area contributed by atoms with Gasteiger partial charge in [-0.1, -0.05) is 19.1 Å². The molecule has 0 aliphatic rings. The molecule has 0 N–H and O–H groups in total. The zero-order chi connectivity index (χ0) is 10.6. The highest BCUT2D eigenvalue weighted by atomic mass is 16.1. The molecule has 0 atom stereocenters. The van der Waals surface area contributed by atoms with E-state index in [1.54, 1.807) is 18.2 Å². The molecule has 0 saturated carbocycles. The van der Waals surface area contributed by atoms with Crippen LogP contribution in [-0.4, -0.2) is 12.1 Å². The smallest absolute Gasteiger partial charge is 0.163 e. The second kappa shape index (κ2) is 4.70. The van der Waals surface area contributed by atoms with Gasteiger partial charge in [0, 0.05) is 17.5 Å². The van der Waals surface area contributed by atoms with Gasteiger partial charge < -0.3 is 0 Å². The van der Waals surface area contributed by atoms with E-state index in [1.807, 2.05) is 13.8 Å². The van der Waals surface area contributed by atoms with E-state index in [9.17, 15) is 9.59 Å². The Morgan fingerprint density at radius 3 is 2.64 bits per heavy atom. The zero-order valence-corrected chi connectivity index (χ0v) is 8.54. The van der Waals surface area contributed by atoms with Crippen LogP contribution >= 0.6 is 0 Å². The maximum Gasteiger partial charge on any atom is 0.163 e. The molecule has 1 aromatic carbocycles. The molecule has 74 valence electrons. The van der Waals surface area contributed by atoms with Crippen LogP contribution in [0.4, 0.5) is 0 Å². The molecule has 0 amide bonds. The molecule has 0 aliphatic heterocycles. The molecule has 0 unspecified atom stereocenters. The minimum Gasteiger partial charge on any atom is -0.298 e. The fourth-order valence-corrected chi connectivity index (χ4v) is 1.43. The quantitative estimate of drug-likeness (QED) is 0.540. The Labute approximate surface area is 83.9 Å².